The van der Waals surface area contributed by atoms with E-state index in [1.165, 1.54) is 21.4 Å². The lowest BCUT2D eigenvalue weighted by Crippen LogP contribution is -2.47. The van der Waals surface area contributed by atoms with Gasteiger partial charge in [-0.1, -0.05) is 23.5 Å². The van der Waals surface area contributed by atoms with E-state index in [0.717, 1.165) is 4.57 Å². The number of anilines is 1. The molecule has 1 aromatic carbocycles. The van der Waals surface area contributed by atoms with Crippen LogP contribution in [0, 0.1) is 5.92 Å². The standard InChI is InChI=1S/C20H22N6O4S/c1-2-25-18(29)14-7-3-4-8-15(14)26(20(25)30)11-16(27)24-9-5-6-13(10-24)17(28)22-19-23-21-12-31-19/h3-4,7-8,12-13H,2,5-6,9-11H2,1H3,(H,22,23,28). The minimum Gasteiger partial charge on any atom is -0.340 e. The van der Waals surface area contributed by atoms with Gasteiger partial charge in [0.1, 0.15) is 12.1 Å². The van der Waals surface area contributed by atoms with Gasteiger partial charge in [0.15, 0.2) is 0 Å². The number of hydrogen-bond acceptors (Lipinski definition) is 7. The number of carbonyl (C=O) groups excluding carboxylic acids is 2. The number of likely N-dealkylation sites (tertiary alicyclic amines) is 1. The van der Waals surface area contributed by atoms with Gasteiger partial charge in [-0.05, 0) is 31.9 Å². The topological polar surface area (TPSA) is 119 Å². The first-order valence-corrected chi connectivity index (χ1v) is 10.9. The van der Waals surface area contributed by atoms with Gasteiger partial charge in [0.2, 0.25) is 16.9 Å². The number of hydrogen-bond donors (Lipinski definition) is 1. The van der Waals surface area contributed by atoms with Crippen LogP contribution in [0.3, 0.4) is 0 Å². The zero-order valence-corrected chi connectivity index (χ0v) is 17.8. The number of rotatable bonds is 5. The highest BCUT2D eigenvalue weighted by Gasteiger charge is 2.29. The first kappa shape index (κ1) is 20.9. The molecule has 1 unspecified atom stereocenters. The quantitative estimate of drug-likeness (QED) is 0.627. The lowest BCUT2D eigenvalue weighted by molar-refractivity contribution is -0.135. The molecule has 0 aliphatic carbocycles. The van der Waals surface area contributed by atoms with Crippen molar-refractivity contribution in [2.45, 2.75) is 32.9 Å². The number of carbonyl (C=O) groups is 2. The molecule has 0 bridgehead atoms. The van der Waals surface area contributed by atoms with Crippen LogP contribution in [0.2, 0.25) is 0 Å². The number of para-hydroxylation sites is 1. The normalized spacial score (nSPS) is 16.4. The van der Waals surface area contributed by atoms with Gasteiger partial charge in [-0.2, -0.15) is 0 Å². The lowest BCUT2D eigenvalue weighted by Gasteiger charge is -2.32. The molecule has 3 heterocycles. The Hall–Kier alpha value is -3.34. The summed E-state index contributed by atoms with van der Waals surface area (Å²) in [4.78, 5) is 52.7. The van der Waals surface area contributed by atoms with Crippen molar-refractivity contribution in [3.05, 3.63) is 50.6 Å². The predicted octanol–water partition coefficient (Wildman–Crippen LogP) is 0.912. The van der Waals surface area contributed by atoms with E-state index in [1.807, 2.05) is 0 Å². The Morgan fingerprint density at radius 3 is 2.77 bits per heavy atom. The summed E-state index contributed by atoms with van der Waals surface area (Å²) in [5.41, 5.74) is 1.09. The molecule has 1 aliphatic heterocycles. The van der Waals surface area contributed by atoms with Crippen LogP contribution in [0.15, 0.2) is 39.4 Å². The second kappa shape index (κ2) is 8.80. The highest BCUT2D eigenvalue weighted by Crippen LogP contribution is 2.20. The Balaban J connectivity index is 1.56. The van der Waals surface area contributed by atoms with E-state index in [-0.39, 0.29) is 42.9 Å². The zero-order chi connectivity index (χ0) is 22.0. The lowest BCUT2D eigenvalue weighted by atomic mass is 9.97. The van der Waals surface area contributed by atoms with Crippen LogP contribution < -0.4 is 16.6 Å². The summed E-state index contributed by atoms with van der Waals surface area (Å²) in [6.45, 7) is 2.53. The number of piperidine rings is 1. The molecular formula is C20H22N6O4S. The van der Waals surface area contributed by atoms with Crippen LogP contribution in [0.5, 0.6) is 0 Å². The predicted molar refractivity (Wildman–Crippen MR) is 116 cm³/mol. The molecule has 2 aromatic heterocycles. The van der Waals surface area contributed by atoms with Crippen molar-refractivity contribution in [3.63, 3.8) is 0 Å². The highest BCUT2D eigenvalue weighted by atomic mass is 32.1. The van der Waals surface area contributed by atoms with Gasteiger partial charge in [0.05, 0.1) is 16.8 Å². The van der Waals surface area contributed by atoms with Crippen LogP contribution in [0.4, 0.5) is 5.13 Å². The molecule has 1 aliphatic rings. The summed E-state index contributed by atoms with van der Waals surface area (Å²) in [6.07, 6.45) is 1.35. The Kier molecular flexibility index (Phi) is 5.94. The van der Waals surface area contributed by atoms with E-state index in [0.29, 0.717) is 35.4 Å². The largest absolute Gasteiger partial charge is 0.340 e. The zero-order valence-electron chi connectivity index (χ0n) is 17.0. The van der Waals surface area contributed by atoms with Gasteiger partial charge >= 0.3 is 5.69 Å². The average molecular weight is 443 g/mol. The minimum absolute atomic E-state index is 0.190. The molecule has 1 saturated heterocycles. The molecule has 31 heavy (non-hydrogen) atoms. The molecule has 0 spiro atoms. The smallest absolute Gasteiger partial charge is 0.331 e. The molecular weight excluding hydrogens is 420 g/mol. The Labute approximate surface area is 181 Å². The summed E-state index contributed by atoms with van der Waals surface area (Å²) in [7, 11) is 0. The Bertz CT molecular complexity index is 1230. The van der Waals surface area contributed by atoms with Crippen molar-refractivity contribution < 1.29 is 9.59 Å². The molecule has 1 atom stereocenters. The number of aromatic nitrogens is 4. The van der Waals surface area contributed by atoms with Crippen molar-refractivity contribution in [1.29, 1.82) is 0 Å². The summed E-state index contributed by atoms with van der Waals surface area (Å²) < 4.78 is 2.47. The third kappa shape index (κ3) is 4.13. The number of amides is 2. The first-order valence-electron chi connectivity index (χ1n) is 10.1. The van der Waals surface area contributed by atoms with Crippen molar-refractivity contribution in [2.24, 2.45) is 5.92 Å². The van der Waals surface area contributed by atoms with Crippen molar-refractivity contribution in [3.8, 4) is 0 Å². The molecule has 2 amide bonds. The molecule has 10 nitrogen and oxygen atoms in total. The Morgan fingerprint density at radius 2 is 2.03 bits per heavy atom. The molecule has 162 valence electrons. The van der Waals surface area contributed by atoms with Gasteiger partial charge in [-0.3, -0.25) is 23.5 Å². The molecule has 3 aromatic rings. The first-order chi connectivity index (χ1) is 15.0. The van der Waals surface area contributed by atoms with E-state index >= 15 is 0 Å². The highest BCUT2D eigenvalue weighted by molar-refractivity contribution is 7.13. The summed E-state index contributed by atoms with van der Waals surface area (Å²) in [6, 6.07) is 6.78. The van der Waals surface area contributed by atoms with Gasteiger partial charge in [-0.15, -0.1) is 10.2 Å². The SMILES string of the molecule is CCn1c(=O)c2ccccc2n(CC(=O)N2CCCC(C(=O)Nc3nncs3)C2)c1=O. The van der Waals surface area contributed by atoms with E-state index < -0.39 is 5.69 Å². The summed E-state index contributed by atoms with van der Waals surface area (Å²) in [5.74, 6) is -0.821. The molecule has 4 rings (SSSR count). The van der Waals surface area contributed by atoms with Crippen molar-refractivity contribution in [1.82, 2.24) is 24.2 Å². The second-order valence-corrected chi connectivity index (χ2v) is 8.18. The third-order valence-electron chi connectivity index (χ3n) is 5.48. The maximum atomic E-state index is 13.1. The third-order valence-corrected chi connectivity index (χ3v) is 6.08. The fourth-order valence-electron chi connectivity index (χ4n) is 3.89. The molecule has 0 radical (unpaired) electrons. The molecule has 11 heteroatoms. The van der Waals surface area contributed by atoms with Crippen molar-refractivity contribution in [2.75, 3.05) is 18.4 Å². The number of nitrogens with zero attached hydrogens (tertiary/aromatic N) is 5. The van der Waals surface area contributed by atoms with Crippen LogP contribution in [-0.2, 0) is 22.7 Å². The second-order valence-electron chi connectivity index (χ2n) is 7.35. The monoisotopic (exact) mass is 442 g/mol. The molecule has 1 N–H and O–H groups in total. The maximum Gasteiger partial charge on any atom is 0.331 e. The van der Waals surface area contributed by atoms with E-state index in [4.69, 9.17) is 0 Å². The average Bonchev–Trinajstić information content (AvgIpc) is 3.30. The maximum absolute atomic E-state index is 13.1. The number of fused-ring (bicyclic) bond motifs is 1. The number of benzene rings is 1. The fourth-order valence-corrected chi connectivity index (χ4v) is 4.34. The van der Waals surface area contributed by atoms with Gasteiger partial charge < -0.3 is 10.2 Å². The van der Waals surface area contributed by atoms with Crippen LogP contribution in [0.25, 0.3) is 10.9 Å². The molecule has 1 fully saturated rings. The minimum atomic E-state index is -0.512. The van der Waals surface area contributed by atoms with Gasteiger partial charge in [0.25, 0.3) is 5.56 Å². The van der Waals surface area contributed by atoms with Gasteiger partial charge in [-0.25, -0.2) is 4.79 Å². The van der Waals surface area contributed by atoms with Crippen molar-refractivity contribution >= 4 is 39.2 Å². The fraction of sp³-hybridized carbons (Fsp3) is 0.400. The van der Waals surface area contributed by atoms with E-state index in [2.05, 4.69) is 15.5 Å². The van der Waals surface area contributed by atoms with E-state index in [1.54, 1.807) is 36.1 Å². The number of nitrogens with one attached hydrogen (secondary N) is 1. The van der Waals surface area contributed by atoms with Crippen LogP contribution in [-0.4, -0.2) is 49.1 Å². The summed E-state index contributed by atoms with van der Waals surface area (Å²) in [5, 5.41) is 11.1. The summed E-state index contributed by atoms with van der Waals surface area (Å²) >= 11 is 1.23. The Morgan fingerprint density at radius 1 is 1.23 bits per heavy atom. The van der Waals surface area contributed by atoms with Gasteiger partial charge in [0, 0.05) is 19.6 Å². The van der Waals surface area contributed by atoms with Crippen LogP contribution in [0.1, 0.15) is 19.8 Å². The molecule has 0 saturated carbocycles. The van der Waals surface area contributed by atoms with Crippen LogP contribution >= 0.6 is 11.3 Å². The van der Waals surface area contributed by atoms with E-state index in [9.17, 15) is 19.2 Å².